The molecule has 0 N–H and O–H groups in total. The fourth-order valence-corrected chi connectivity index (χ4v) is 2.97. The molecule has 1 aliphatic carbocycles. The number of benzene rings is 1. The molecule has 2 atom stereocenters. The number of carbonyl (C=O) groups excluding carboxylic acids is 1. The van der Waals surface area contributed by atoms with E-state index in [-0.39, 0.29) is 23.4 Å². The van der Waals surface area contributed by atoms with Gasteiger partial charge in [-0.2, -0.15) is 5.10 Å². The van der Waals surface area contributed by atoms with Crippen molar-refractivity contribution in [2.24, 2.45) is 13.0 Å². The van der Waals surface area contributed by atoms with Gasteiger partial charge in [-0.15, -0.1) is 0 Å². The molecule has 1 saturated carbocycles. The molecule has 3 rings (SSSR count). The summed E-state index contributed by atoms with van der Waals surface area (Å²) in [4.78, 5) is 14.2. The van der Waals surface area contributed by atoms with Crippen molar-refractivity contribution in [1.82, 2.24) is 9.78 Å². The minimum Gasteiger partial charge on any atom is -0.310 e. The summed E-state index contributed by atoms with van der Waals surface area (Å²) in [6.07, 6.45) is 4.50. The molecule has 1 heterocycles. The average Bonchev–Trinajstić information content (AvgIpc) is 3.16. The van der Waals surface area contributed by atoms with E-state index in [1.165, 1.54) is 11.0 Å². The fourth-order valence-electron chi connectivity index (χ4n) is 2.81. The molecule has 0 spiro atoms. The van der Waals surface area contributed by atoms with Crippen molar-refractivity contribution >= 4 is 23.2 Å². The summed E-state index contributed by atoms with van der Waals surface area (Å²) in [6.45, 7) is 2.26. The van der Waals surface area contributed by atoms with Crippen molar-refractivity contribution in [2.75, 3.05) is 11.4 Å². The van der Waals surface area contributed by atoms with Crippen LogP contribution in [0.25, 0.3) is 0 Å². The first-order valence-corrected chi connectivity index (χ1v) is 7.64. The molecule has 0 bridgehead atoms. The number of hydrogen-bond acceptors (Lipinski definition) is 2. The SMILES string of the molecule is CCN(C(=O)[C@@H]1C[C@@H]1c1cnn(C)c1)c1ccc(Cl)cc1F. The second-order valence-electron chi connectivity index (χ2n) is 5.57. The van der Waals surface area contributed by atoms with Gasteiger partial charge in [0.25, 0.3) is 0 Å². The molecular formula is C16H17ClFN3O. The molecule has 0 unspecified atom stereocenters. The van der Waals surface area contributed by atoms with Crippen molar-refractivity contribution in [3.63, 3.8) is 0 Å². The molecule has 0 radical (unpaired) electrons. The number of rotatable bonds is 4. The molecule has 6 heteroatoms. The minimum absolute atomic E-state index is 0.0439. The third-order valence-electron chi connectivity index (χ3n) is 4.04. The van der Waals surface area contributed by atoms with E-state index in [0.29, 0.717) is 11.6 Å². The molecule has 116 valence electrons. The van der Waals surface area contributed by atoms with Crippen LogP contribution in [0.1, 0.15) is 24.8 Å². The summed E-state index contributed by atoms with van der Waals surface area (Å²) in [7, 11) is 1.85. The van der Waals surface area contributed by atoms with Gasteiger partial charge in [0.05, 0.1) is 11.9 Å². The average molecular weight is 322 g/mol. The molecule has 1 aromatic heterocycles. The fraction of sp³-hybridized carbons (Fsp3) is 0.375. The zero-order valence-electron chi connectivity index (χ0n) is 12.5. The lowest BCUT2D eigenvalue weighted by Gasteiger charge is -2.22. The molecule has 1 aliphatic rings. The Bertz CT molecular complexity index is 715. The van der Waals surface area contributed by atoms with Gasteiger partial charge in [-0.3, -0.25) is 9.48 Å². The van der Waals surface area contributed by atoms with Gasteiger partial charge in [0, 0.05) is 30.7 Å². The first kappa shape index (κ1) is 15.0. The summed E-state index contributed by atoms with van der Waals surface area (Å²) in [5.41, 5.74) is 1.35. The molecule has 1 fully saturated rings. The van der Waals surface area contributed by atoms with Crippen LogP contribution in [-0.2, 0) is 11.8 Å². The Hall–Kier alpha value is -1.88. The van der Waals surface area contributed by atoms with Gasteiger partial charge < -0.3 is 4.90 Å². The maximum Gasteiger partial charge on any atom is 0.230 e. The number of halogens is 2. The van der Waals surface area contributed by atoms with Crippen LogP contribution in [0, 0.1) is 11.7 Å². The van der Waals surface area contributed by atoms with Crippen LogP contribution >= 0.6 is 11.6 Å². The topological polar surface area (TPSA) is 38.1 Å². The minimum atomic E-state index is -0.471. The highest BCUT2D eigenvalue weighted by atomic mass is 35.5. The Labute approximate surface area is 133 Å². The van der Waals surface area contributed by atoms with E-state index in [0.717, 1.165) is 12.0 Å². The Morgan fingerprint density at radius 2 is 2.32 bits per heavy atom. The molecule has 22 heavy (non-hydrogen) atoms. The predicted octanol–water partition coefficient (Wildman–Crippen LogP) is 3.37. The second-order valence-corrected chi connectivity index (χ2v) is 6.01. The maximum atomic E-state index is 14.1. The highest BCUT2D eigenvalue weighted by Gasteiger charge is 2.46. The maximum absolute atomic E-state index is 14.1. The third-order valence-corrected chi connectivity index (χ3v) is 4.28. The van der Waals surface area contributed by atoms with E-state index in [4.69, 9.17) is 11.6 Å². The van der Waals surface area contributed by atoms with Crippen LogP contribution in [0.15, 0.2) is 30.6 Å². The summed E-state index contributed by atoms with van der Waals surface area (Å²) in [5, 5.41) is 4.46. The summed E-state index contributed by atoms with van der Waals surface area (Å²) < 4.78 is 15.8. The van der Waals surface area contributed by atoms with Crippen molar-refractivity contribution in [3.8, 4) is 0 Å². The number of hydrogen-bond donors (Lipinski definition) is 0. The molecule has 0 aliphatic heterocycles. The molecule has 2 aromatic rings. The van der Waals surface area contributed by atoms with Gasteiger partial charge in [-0.05, 0) is 43.0 Å². The van der Waals surface area contributed by atoms with E-state index in [2.05, 4.69) is 5.10 Å². The van der Waals surface area contributed by atoms with Crippen LogP contribution in [0.3, 0.4) is 0 Å². The van der Waals surface area contributed by atoms with Crippen LogP contribution in [0.5, 0.6) is 0 Å². The summed E-state index contributed by atoms with van der Waals surface area (Å²) >= 11 is 5.77. The molecule has 1 aromatic carbocycles. The van der Waals surface area contributed by atoms with Gasteiger partial charge in [-0.1, -0.05) is 11.6 Å². The number of aryl methyl sites for hydroxylation is 1. The van der Waals surface area contributed by atoms with Crippen LogP contribution < -0.4 is 4.90 Å². The highest BCUT2D eigenvalue weighted by molar-refractivity contribution is 6.30. The lowest BCUT2D eigenvalue weighted by molar-refractivity contribution is -0.119. The van der Waals surface area contributed by atoms with Crippen molar-refractivity contribution < 1.29 is 9.18 Å². The first-order valence-electron chi connectivity index (χ1n) is 7.26. The number of aromatic nitrogens is 2. The standard InChI is InChI=1S/C16H17ClFN3O/c1-3-21(15-5-4-11(17)6-14(15)18)16(22)13-7-12(13)10-8-19-20(2)9-10/h4-6,8-9,12-13H,3,7H2,1-2H3/t12-,13-/m1/s1. The summed E-state index contributed by atoms with van der Waals surface area (Å²) in [5.74, 6) is -0.427. The van der Waals surface area contributed by atoms with Crippen molar-refractivity contribution in [3.05, 3.63) is 47.0 Å². The van der Waals surface area contributed by atoms with Gasteiger partial charge in [0.1, 0.15) is 5.82 Å². The number of carbonyl (C=O) groups is 1. The van der Waals surface area contributed by atoms with E-state index >= 15 is 0 Å². The Balaban J connectivity index is 1.78. The number of nitrogens with zero attached hydrogens (tertiary/aromatic N) is 3. The van der Waals surface area contributed by atoms with Gasteiger partial charge in [0.15, 0.2) is 0 Å². The van der Waals surface area contributed by atoms with E-state index in [1.54, 1.807) is 23.0 Å². The van der Waals surface area contributed by atoms with Crippen molar-refractivity contribution in [1.29, 1.82) is 0 Å². The van der Waals surface area contributed by atoms with Crippen LogP contribution in [-0.4, -0.2) is 22.2 Å². The predicted molar refractivity (Wildman–Crippen MR) is 83.5 cm³/mol. The molecule has 4 nitrogen and oxygen atoms in total. The molecular weight excluding hydrogens is 305 g/mol. The monoisotopic (exact) mass is 321 g/mol. The third kappa shape index (κ3) is 2.73. The molecule has 0 saturated heterocycles. The lowest BCUT2D eigenvalue weighted by Crippen LogP contribution is -2.33. The molecule has 1 amide bonds. The Morgan fingerprint density at radius 3 is 2.91 bits per heavy atom. The number of anilines is 1. The summed E-state index contributed by atoms with van der Waals surface area (Å²) in [6, 6.07) is 4.39. The Morgan fingerprint density at radius 1 is 1.55 bits per heavy atom. The zero-order chi connectivity index (χ0) is 15.9. The van der Waals surface area contributed by atoms with Crippen LogP contribution in [0.4, 0.5) is 10.1 Å². The van der Waals surface area contributed by atoms with Crippen molar-refractivity contribution in [2.45, 2.75) is 19.3 Å². The van der Waals surface area contributed by atoms with E-state index < -0.39 is 5.82 Å². The zero-order valence-corrected chi connectivity index (χ0v) is 13.2. The largest absolute Gasteiger partial charge is 0.310 e. The van der Waals surface area contributed by atoms with E-state index in [9.17, 15) is 9.18 Å². The van der Waals surface area contributed by atoms with Gasteiger partial charge >= 0.3 is 0 Å². The highest BCUT2D eigenvalue weighted by Crippen LogP contribution is 2.48. The smallest absolute Gasteiger partial charge is 0.230 e. The first-order chi connectivity index (χ1) is 10.5. The lowest BCUT2D eigenvalue weighted by atomic mass is 10.1. The van der Waals surface area contributed by atoms with Crippen LogP contribution in [0.2, 0.25) is 5.02 Å². The van der Waals surface area contributed by atoms with Gasteiger partial charge in [0.2, 0.25) is 5.91 Å². The second kappa shape index (κ2) is 5.72. The Kier molecular flexibility index (Phi) is 3.91. The number of amides is 1. The van der Waals surface area contributed by atoms with Gasteiger partial charge in [-0.25, -0.2) is 4.39 Å². The quantitative estimate of drug-likeness (QED) is 0.866. The van der Waals surface area contributed by atoms with E-state index in [1.807, 2.05) is 20.2 Å². The normalized spacial score (nSPS) is 20.0.